The van der Waals surface area contributed by atoms with Crippen molar-refractivity contribution >= 4 is 34.1 Å². The molecule has 1 heterocycles. The van der Waals surface area contributed by atoms with Crippen LogP contribution in [-0.2, 0) is 6.54 Å². The number of rotatable bonds is 5. The Hall–Kier alpha value is -3.57. The molecule has 1 N–H and O–H groups in total. The molecule has 30 heavy (non-hydrogen) atoms. The number of carbonyl (C=O) groups excluding carboxylic acids is 1. The number of H-pyrrole nitrogens is 1. The lowest BCUT2D eigenvalue weighted by molar-refractivity contribution is 0.0984. The molecule has 0 aliphatic carbocycles. The lowest BCUT2D eigenvalue weighted by atomic mass is 10.1. The van der Waals surface area contributed by atoms with Gasteiger partial charge in [-0.2, -0.15) is 0 Å². The zero-order valence-electron chi connectivity index (χ0n) is 16.3. The lowest BCUT2D eigenvalue weighted by Crippen LogP contribution is -2.33. The number of hydrogen-bond donors (Lipinski definition) is 1. The summed E-state index contributed by atoms with van der Waals surface area (Å²) in [4.78, 5) is 30.6. The number of hydrogen-bond acceptors (Lipinski definition) is 3. The summed E-state index contributed by atoms with van der Waals surface area (Å²) in [5, 5.41) is 1.23. The molecule has 0 unspecified atom stereocenters. The number of halogens is 1. The maximum absolute atomic E-state index is 13.5. The summed E-state index contributed by atoms with van der Waals surface area (Å²) >= 11 is 6.29. The maximum atomic E-state index is 13.5. The number of methoxy groups -OCH3 is 1. The first-order valence-electron chi connectivity index (χ1n) is 9.39. The first-order valence-corrected chi connectivity index (χ1v) is 9.76. The number of ether oxygens (including phenoxy) is 1. The van der Waals surface area contributed by atoms with E-state index in [1.54, 1.807) is 49.6 Å². The minimum atomic E-state index is -0.322. The van der Waals surface area contributed by atoms with Crippen LogP contribution in [0.15, 0.2) is 83.7 Å². The van der Waals surface area contributed by atoms with Gasteiger partial charge in [-0.1, -0.05) is 54.1 Å². The monoisotopic (exact) mass is 418 g/mol. The predicted octanol–water partition coefficient (Wildman–Crippen LogP) is 5.04. The highest BCUT2D eigenvalue weighted by Gasteiger charge is 2.24. The molecule has 1 amide bonds. The second-order valence-corrected chi connectivity index (χ2v) is 7.16. The number of para-hydroxylation sites is 3. The molecule has 3 aromatic carbocycles. The highest BCUT2D eigenvalue weighted by Crippen LogP contribution is 2.31. The van der Waals surface area contributed by atoms with Gasteiger partial charge in [0.2, 0.25) is 0 Å². The largest absolute Gasteiger partial charge is 0.495 e. The van der Waals surface area contributed by atoms with E-state index < -0.39 is 0 Å². The quantitative estimate of drug-likeness (QED) is 0.494. The average Bonchev–Trinajstić information content (AvgIpc) is 2.77. The summed E-state index contributed by atoms with van der Waals surface area (Å²) in [6.07, 6.45) is 0. The Morgan fingerprint density at radius 1 is 1.00 bits per heavy atom. The third-order valence-corrected chi connectivity index (χ3v) is 5.21. The number of benzene rings is 3. The number of pyridine rings is 1. The molecule has 0 saturated heterocycles. The van der Waals surface area contributed by atoms with E-state index in [2.05, 4.69) is 4.98 Å². The fraction of sp³-hybridized carbons (Fsp3) is 0.0833. The molecule has 0 saturated carbocycles. The Morgan fingerprint density at radius 2 is 1.70 bits per heavy atom. The summed E-state index contributed by atoms with van der Waals surface area (Å²) in [5.74, 6) is 0.202. The Morgan fingerprint density at radius 3 is 2.50 bits per heavy atom. The number of aromatic amines is 1. The van der Waals surface area contributed by atoms with Crippen molar-refractivity contribution in [2.24, 2.45) is 0 Å². The maximum Gasteiger partial charge on any atom is 0.260 e. The van der Waals surface area contributed by atoms with Gasteiger partial charge in [0.05, 0.1) is 29.9 Å². The van der Waals surface area contributed by atoms with Gasteiger partial charge in [-0.3, -0.25) is 9.59 Å². The van der Waals surface area contributed by atoms with Crippen molar-refractivity contribution in [3.8, 4) is 5.75 Å². The molecule has 0 aliphatic rings. The molecule has 1 aromatic heterocycles. The van der Waals surface area contributed by atoms with Gasteiger partial charge in [0.1, 0.15) is 5.75 Å². The number of amides is 1. The number of nitrogens with zero attached hydrogens (tertiary/aromatic N) is 1. The summed E-state index contributed by atoms with van der Waals surface area (Å²) in [6, 6.07) is 23.4. The van der Waals surface area contributed by atoms with Crippen molar-refractivity contribution in [3.05, 3.63) is 105 Å². The van der Waals surface area contributed by atoms with E-state index >= 15 is 0 Å². The molecule has 150 valence electrons. The summed E-state index contributed by atoms with van der Waals surface area (Å²) in [7, 11) is 1.54. The number of nitrogens with one attached hydrogen (secondary N) is 1. The Kier molecular flexibility index (Phi) is 5.55. The van der Waals surface area contributed by atoms with Crippen LogP contribution in [0.1, 0.15) is 15.9 Å². The number of fused-ring (bicyclic) bond motifs is 1. The first-order chi connectivity index (χ1) is 14.6. The van der Waals surface area contributed by atoms with Crippen LogP contribution in [0.25, 0.3) is 10.9 Å². The average molecular weight is 419 g/mol. The van der Waals surface area contributed by atoms with Crippen LogP contribution in [0, 0.1) is 0 Å². The Balaban J connectivity index is 1.84. The third kappa shape index (κ3) is 3.80. The summed E-state index contributed by atoms with van der Waals surface area (Å²) in [5.41, 5.74) is 1.85. The molecular weight excluding hydrogens is 400 g/mol. The lowest BCUT2D eigenvalue weighted by Gasteiger charge is -2.25. The smallest absolute Gasteiger partial charge is 0.260 e. The fourth-order valence-corrected chi connectivity index (χ4v) is 3.60. The van der Waals surface area contributed by atoms with Crippen LogP contribution in [-0.4, -0.2) is 18.0 Å². The van der Waals surface area contributed by atoms with Crippen LogP contribution in [0.4, 0.5) is 5.69 Å². The van der Waals surface area contributed by atoms with Gasteiger partial charge in [-0.15, -0.1) is 0 Å². The Labute approximate surface area is 178 Å². The summed E-state index contributed by atoms with van der Waals surface area (Å²) < 4.78 is 5.47. The fourth-order valence-electron chi connectivity index (χ4n) is 3.38. The Bertz CT molecular complexity index is 1280. The molecule has 0 spiro atoms. The van der Waals surface area contributed by atoms with E-state index in [-0.39, 0.29) is 18.0 Å². The van der Waals surface area contributed by atoms with Gasteiger partial charge in [-0.05, 0) is 41.8 Å². The van der Waals surface area contributed by atoms with Crippen molar-refractivity contribution in [1.29, 1.82) is 0 Å². The molecule has 0 radical (unpaired) electrons. The number of carbonyl (C=O) groups is 1. The normalized spacial score (nSPS) is 10.7. The van der Waals surface area contributed by atoms with E-state index in [4.69, 9.17) is 16.3 Å². The van der Waals surface area contributed by atoms with Crippen molar-refractivity contribution in [2.45, 2.75) is 6.54 Å². The molecule has 0 fully saturated rings. The van der Waals surface area contributed by atoms with Gasteiger partial charge in [0.15, 0.2) is 0 Å². The van der Waals surface area contributed by atoms with E-state index in [1.165, 1.54) is 4.90 Å². The molecule has 5 nitrogen and oxygen atoms in total. The van der Waals surface area contributed by atoms with E-state index in [1.807, 2.05) is 36.4 Å². The van der Waals surface area contributed by atoms with Gasteiger partial charge in [0, 0.05) is 11.1 Å². The third-order valence-electron chi connectivity index (χ3n) is 4.88. The minimum Gasteiger partial charge on any atom is -0.495 e. The molecular formula is C24H19ClN2O3. The van der Waals surface area contributed by atoms with Gasteiger partial charge >= 0.3 is 0 Å². The van der Waals surface area contributed by atoms with Gasteiger partial charge in [-0.25, -0.2) is 0 Å². The van der Waals surface area contributed by atoms with Crippen molar-refractivity contribution in [2.75, 3.05) is 12.0 Å². The van der Waals surface area contributed by atoms with Crippen molar-refractivity contribution in [3.63, 3.8) is 0 Å². The molecule has 0 aliphatic heterocycles. The van der Waals surface area contributed by atoms with Crippen LogP contribution < -0.4 is 15.2 Å². The van der Waals surface area contributed by atoms with Crippen molar-refractivity contribution in [1.82, 2.24) is 4.98 Å². The zero-order chi connectivity index (χ0) is 21.1. The van der Waals surface area contributed by atoms with E-state index in [0.717, 1.165) is 10.9 Å². The highest BCUT2D eigenvalue weighted by molar-refractivity contribution is 6.34. The SMILES string of the molecule is COc1ccccc1N(Cc1cc2ccccc2[nH]c1=O)C(=O)c1ccccc1Cl. The topological polar surface area (TPSA) is 62.4 Å². The van der Waals surface area contributed by atoms with Crippen LogP contribution >= 0.6 is 11.6 Å². The molecule has 6 heteroatoms. The highest BCUT2D eigenvalue weighted by atomic mass is 35.5. The molecule has 4 aromatic rings. The van der Waals surface area contributed by atoms with Crippen LogP contribution in [0.5, 0.6) is 5.75 Å². The summed E-state index contributed by atoms with van der Waals surface area (Å²) in [6.45, 7) is 0.0601. The van der Waals surface area contributed by atoms with Crippen LogP contribution in [0.2, 0.25) is 5.02 Å². The van der Waals surface area contributed by atoms with Gasteiger partial charge in [0.25, 0.3) is 11.5 Å². The van der Waals surface area contributed by atoms with E-state index in [9.17, 15) is 9.59 Å². The number of anilines is 1. The number of aromatic nitrogens is 1. The van der Waals surface area contributed by atoms with Crippen molar-refractivity contribution < 1.29 is 9.53 Å². The zero-order valence-corrected chi connectivity index (χ0v) is 17.0. The molecule has 0 bridgehead atoms. The standard InChI is InChI=1S/C24H19ClN2O3/c1-30-22-13-7-6-12-21(22)27(24(29)18-9-3-4-10-19(18)25)15-17-14-16-8-2-5-11-20(16)26-23(17)28/h2-14H,15H2,1H3,(H,26,28). The second-order valence-electron chi connectivity index (χ2n) is 6.75. The van der Waals surface area contributed by atoms with Crippen LogP contribution in [0.3, 0.4) is 0 Å². The second kappa shape index (κ2) is 8.43. The first kappa shape index (κ1) is 19.7. The van der Waals surface area contributed by atoms with E-state index in [0.29, 0.717) is 27.6 Å². The molecule has 4 rings (SSSR count). The van der Waals surface area contributed by atoms with Gasteiger partial charge < -0.3 is 14.6 Å². The predicted molar refractivity (Wildman–Crippen MR) is 120 cm³/mol. The molecule has 0 atom stereocenters. The minimum absolute atomic E-state index is 0.0601.